The van der Waals surface area contributed by atoms with Crippen molar-refractivity contribution in [3.05, 3.63) is 42.5 Å². The molecule has 0 saturated heterocycles. The van der Waals surface area contributed by atoms with E-state index >= 15 is 0 Å². The highest BCUT2D eigenvalue weighted by atomic mass is 16.4. The molecule has 0 aliphatic carbocycles. The number of carboxylic acid groups (broad SMARTS) is 1. The van der Waals surface area contributed by atoms with Gasteiger partial charge in [0, 0.05) is 31.3 Å². The van der Waals surface area contributed by atoms with Crippen molar-refractivity contribution in [3.63, 3.8) is 0 Å². The Morgan fingerprint density at radius 2 is 1.61 bits per heavy atom. The second-order valence-electron chi connectivity index (χ2n) is 7.30. The molecule has 0 atom stereocenters. The number of imidazole rings is 1. The first-order valence-electron chi connectivity index (χ1n) is 11.0. The number of rotatable bonds is 19. The average molecular weight is 390 g/mol. The van der Waals surface area contributed by atoms with Crippen LogP contribution in [0.1, 0.15) is 82.7 Å². The molecule has 0 aromatic carbocycles. The maximum atomic E-state index is 10.4. The van der Waals surface area contributed by atoms with Crippen LogP contribution in [0.3, 0.4) is 0 Å². The zero-order valence-electron chi connectivity index (χ0n) is 17.4. The highest BCUT2D eigenvalue weighted by Crippen LogP contribution is 2.08. The van der Waals surface area contributed by atoms with E-state index in [1.807, 2.05) is 6.20 Å². The van der Waals surface area contributed by atoms with Gasteiger partial charge in [0.15, 0.2) is 0 Å². The number of aromatic amines is 1. The van der Waals surface area contributed by atoms with Gasteiger partial charge in [-0.1, -0.05) is 50.0 Å². The summed E-state index contributed by atoms with van der Waals surface area (Å²) in [5, 5.41) is 12.0. The Kier molecular flexibility index (Phi) is 15.9. The molecule has 0 fully saturated rings. The molecular weight excluding hydrogens is 350 g/mol. The Labute approximate surface area is 170 Å². The third-order valence-corrected chi connectivity index (χ3v) is 4.72. The first-order valence-corrected chi connectivity index (χ1v) is 11.0. The van der Waals surface area contributed by atoms with E-state index in [0.29, 0.717) is 6.42 Å². The summed E-state index contributed by atoms with van der Waals surface area (Å²) < 4.78 is 0. The van der Waals surface area contributed by atoms with Gasteiger partial charge in [0.25, 0.3) is 0 Å². The molecule has 158 valence electrons. The predicted molar refractivity (Wildman–Crippen MR) is 116 cm³/mol. The van der Waals surface area contributed by atoms with E-state index in [1.165, 1.54) is 44.2 Å². The Morgan fingerprint density at radius 1 is 0.929 bits per heavy atom. The van der Waals surface area contributed by atoms with E-state index < -0.39 is 5.97 Å². The first-order chi connectivity index (χ1) is 13.8. The number of H-pyrrole nitrogens is 1. The largest absolute Gasteiger partial charge is 0.481 e. The summed E-state index contributed by atoms with van der Waals surface area (Å²) in [6, 6.07) is 0. The number of hydrogen-bond donors (Lipinski definition) is 3. The van der Waals surface area contributed by atoms with Gasteiger partial charge in [0.1, 0.15) is 0 Å². The number of carboxylic acids is 1. The SMILES string of the molecule is O=C(O)CCCCCCC/C=C\C/C=C\CCCCCNCCc1cnc[nH]1. The molecule has 1 aromatic rings. The van der Waals surface area contributed by atoms with Crippen molar-refractivity contribution in [2.75, 3.05) is 13.1 Å². The van der Waals surface area contributed by atoms with Crippen LogP contribution in [0.2, 0.25) is 0 Å². The summed E-state index contributed by atoms with van der Waals surface area (Å²) in [5.41, 5.74) is 1.19. The minimum atomic E-state index is -0.676. The molecule has 0 aliphatic rings. The molecule has 28 heavy (non-hydrogen) atoms. The van der Waals surface area contributed by atoms with Crippen molar-refractivity contribution < 1.29 is 9.90 Å². The molecule has 0 amide bonds. The summed E-state index contributed by atoms with van der Waals surface area (Å²) in [7, 11) is 0. The number of unbranched alkanes of at least 4 members (excludes halogenated alkanes) is 8. The van der Waals surface area contributed by atoms with Crippen molar-refractivity contribution >= 4 is 5.97 Å². The zero-order valence-corrected chi connectivity index (χ0v) is 17.4. The van der Waals surface area contributed by atoms with Crippen molar-refractivity contribution in [3.8, 4) is 0 Å². The number of aromatic nitrogens is 2. The Balaban J connectivity index is 1.75. The van der Waals surface area contributed by atoms with Gasteiger partial charge in [-0.3, -0.25) is 4.79 Å². The fraction of sp³-hybridized carbons (Fsp3) is 0.652. The molecule has 1 aromatic heterocycles. The summed E-state index contributed by atoms with van der Waals surface area (Å²) in [5.74, 6) is -0.676. The second-order valence-corrected chi connectivity index (χ2v) is 7.30. The van der Waals surface area contributed by atoms with Gasteiger partial charge in [-0.15, -0.1) is 0 Å². The van der Waals surface area contributed by atoms with E-state index in [1.54, 1.807) is 6.33 Å². The van der Waals surface area contributed by atoms with Gasteiger partial charge in [0.2, 0.25) is 0 Å². The third kappa shape index (κ3) is 16.3. The van der Waals surface area contributed by atoms with Crippen LogP contribution in [0.4, 0.5) is 0 Å². The maximum Gasteiger partial charge on any atom is 0.303 e. The molecule has 0 unspecified atom stereocenters. The minimum absolute atomic E-state index is 0.315. The topological polar surface area (TPSA) is 78.0 Å². The monoisotopic (exact) mass is 389 g/mol. The fourth-order valence-corrected chi connectivity index (χ4v) is 3.03. The molecule has 0 bridgehead atoms. The van der Waals surface area contributed by atoms with Crippen LogP contribution >= 0.6 is 0 Å². The van der Waals surface area contributed by atoms with E-state index in [2.05, 4.69) is 39.6 Å². The molecule has 5 heteroatoms. The van der Waals surface area contributed by atoms with E-state index in [-0.39, 0.29) is 0 Å². The molecule has 0 spiro atoms. The van der Waals surface area contributed by atoms with Crippen LogP contribution in [-0.2, 0) is 11.2 Å². The summed E-state index contributed by atoms with van der Waals surface area (Å²) in [4.78, 5) is 17.5. The van der Waals surface area contributed by atoms with Gasteiger partial charge in [-0.2, -0.15) is 0 Å². The Bertz CT molecular complexity index is 524. The Hall–Kier alpha value is -1.88. The quantitative estimate of drug-likeness (QED) is 0.218. The second kappa shape index (κ2) is 18.5. The molecule has 1 rings (SSSR count). The van der Waals surface area contributed by atoms with Crippen LogP contribution in [0.15, 0.2) is 36.8 Å². The average Bonchev–Trinajstić information content (AvgIpc) is 3.19. The van der Waals surface area contributed by atoms with Gasteiger partial charge >= 0.3 is 5.97 Å². The van der Waals surface area contributed by atoms with E-state index in [0.717, 1.165) is 51.6 Å². The number of nitrogens with zero attached hydrogens (tertiary/aromatic N) is 1. The first kappa shape index (κ1) is 24.2. The lowest BCUT2D eigenvalue weighted by Crippen LogP contribution is -2.18. The smallest absolute Gasteiger partial charge is 0.303 e. The summed E-state index contributed by atoms with van der Waals surface area (Å²) >= 11 is 0. The van der Waals surface area contributed by atoms with Crippen molar-refractivity contribution in [2.24, 2.45) is 0 Å². The highest BCUT2D eigenvalue weighted by Gasteiger charge is 1.96. The molecule has 3 N–H and O–H groups in total. The lowest BCUT2D eigenvalue weighted by molar-refractivity contribution is -0.137. The number of allylic oxidation sites excluding steroid dienone is 4. The number of hydrogen-bond acceptors (Lipinski definition) is 3. The van der Waals surface area contributed by atoms with Crippen LogP contribution < -0.4 is 5.32 Å². The lowest BCUT2D eigenvalue weighted by Gasteiger charge is -2.03. The zero-order chi connectivity index (χ0) is 20.1. The normalized spacial score (nSPS) is 11.7. The fourth-order valence-electron chi connectivity index (χ4n) is 3.03. The number of aliphatic carboxylic acids is 1. The van der Waals surface area contributed by atoms with Crippen LogP contribution in [0, 0.1) is 0 Å². The van der Waals surface area contributed by atoms with Gasteiger partial charge < -0.3 is 15.4 Å². The molecule has 5 nitrogen and oxygen atoms in total. The summed E-state index contributed by atoms with van der Waals surface area (Å²) in [6.45, 7) is 2.11. The van der Waals surface area contributed by atoms with E-state index in [4.69, 9.17) is 5.11 Å². The standard InChI is InChI=1S/C23H39N3O2/c27-23(28)16-14-12-10-8-6-4-2-1-3-5-7-9-11-13-15-18-24-19-17-22-20-25-21-26-22/h1-2,5,7,20-21,24H,3-4,6,8-19H2,(H,25,26)(H,27,28)/b2-1-,7-5-. The van der Waals surface area contributed by atoms with Crippen LogP contribution in [0.25, 0.3) is 0 Å². The molecule has 0 saturated carbocycles. The van der Waals surface area contributed by atoms with Crippen LogP contribution in [-0.4, -0.2) is 34.1 Å². The van der Waals surface area contributed by atoms with Crippen molar-refractivity contribution in [2.45, 2.75) is 83.5 Å². The van der Waals surface area contributed by atoms with Crippen molar-refractivity contribution in [1.82, 2.24) is 15.3 Å². The lowest BCUT2D eigenvalue weighted by atomic mass is 10.1. The highest BCUT2D eigenvalue weighted by molar-refractivity contribution is 5.66. The molecule has 0 aliphatic heterocycles. The number of carbonyl (C=O) groups is 1. The van der Waals surface area contributed by atoms with Crippen LogP contribution in [0.5, 0.6) is 0 Å². The van der Waals surface area contributed by atoms with E-state index in [9.17, 15) is 4.79 Å². The third-order valence-electron chi connectivity index (χ3n) is 4.72. The van der Waals surface area contributed by atoms with Gasteiger partial charge in [-0.25, -0.2) is 4.98 Å². The Morgan fingerprint density at radius 3 is 2.29 bits per heavy atom. The van der Waals surface area contributed by atoms with Crippen molar-refractivity contribution in [1.29, 1.82) is 0 Å². The number of nitrogens with one attached hydrogen (secondary N) is 2. The predicted octanol–water partition coefficient (Wildman–Crippen LogP) is 5.42. The molecule has 0 radical (unpaired) electrons. The summed E-state index contributed by atoms with van der Waals surface area (Å²) in [6.07, 6.45) is 26.6. The van der Waals surface area contributed by atoms with Gasteiger partial charge in [-0.05, 0) is 51.5 Å². The molecular formula is C23H39N3O2. The van der Waals surface area contributed by atoms with Gasteiger partial charge in [0.05, 0.1) is 6.33 Å². The maximum absolute atomic E-state index is 10.4. The molecule has 1 heterocycles. The minimum Gasteiger partial charge on any atom is -0.481 e.